The molecule has 2 N–H and O–H groups in total. The zero-order valence-electron chi connectivity index (χ0n) is 17.8. The molecule has 2 aromatic carbocycles. The molecule has 0 aliphatic rings. The van der Waals surface area contributed by atoms with E-state index >= 15 is 0 Å². The van der Waals surface area contributed by atoms with Crippen LogP contribution in [0.5, 0.6) is 11.5 Å². The van der Waals surface area contributed by atoms with Gasteiger partial charge in [-0.25, -0.2) is 0 Å². The predicted molar refractivity (Wildman–Crippen MR) is 120 cm³/mol. The van der Waals surface area contributed by atoms with Gasteiger partial charge in [0.2, 0.25) is 0 Å². The van der Waals surface area contributed by atoms with Gasteiger partial charge in [-0.05, 0) is 56.7 Å². The Bertz CT molecular complexity index is 1060. The van der Waals surface area contributed by atoms with Crippen molar-refractivity contribution in [2.75, 3.05) is 37.5 Å². The molecule has 0 spiro atoms. The summed E-state index contributed by atoms with van der Waals surface area (Å²) >= 11 is 0. The number of rotatable bonds is 8. The Morgan fingerprint density at radius 3 is 2.31 bits per heavy atom. The molecule has 6 heteroatoms. The lowest BCUT2D eigenvalue weighted by atomic mass is 10.1. The van der Waals surface area contributed by atoms with E-state index in [4.69, 9.17) is 9.47 Å². The normalized spacial score (nSPS) is 10.8. The largest absolute Gasteiger partial charge is 0.493 e. The maximum absolute atomic E-state index is 12.5. The number of ether oxygens (including phenoxy) is 2. The second-order valence-electron chi connectivity index (χ2n) is 6.94. The predicted octanol–water partition coefficient (Wildman–Crippen LogP) is 4.31. The van der Waals surface area contributed by atoms with Crippen LogP contribution in [-0.4, -0.2) is 32.3 Å². The first-order valence-corrected chi connectivity index (χ1v) is 9.88. The van der Waals surface area contributed by atoms with E-state index in [-0.39, 0.29) is 5.56 Å². The van der Waals surface area contributed by atoms with Crippen LogP contribution >= 0.6 is 0 Å². The summed E-state index contributed by atoms with van der Waals surface area (Å²) in [7, 11) is 3.18. The summed E-state index contributed by atoms with van der Waals surface area (Å²) < 4.78 is 10.7. The quantitative estimate of drug-likeness (QED) is 0.595. The smallest absolute Gasteiger partial charge is 0.253 e. The number of methoxy groups -OCH3 is 2. The van der Waals surface area contributed by atoms with Gasteiger partial charge in [-0.15, -0.1) is 0 Å². The van der Waals surface area contributed by atoms with Gasteiger partial charge in [-0.3, -0.25) is 4.79 Å². The van der Waals surface area contributed by atoms with Gasteiger partial charge in [0.1, 0.15) is 0 Å². The van der Waals surface area contributed by atoms with Crippen molar-refractivity contribution >= 4 is 22.3 Å². The Labute approximate surface area is 171 Å². The molecule has 3 aromatic rings. The maximum Gasteiger partial charge on any atom is 0.253 e. The standard InChI is InChI=1S/C23H29N3O3/c1-6-26(7-2)18-8-9-19(15(3)10-18)24-14-17-11-16-12-21(28-4)22(29-5)13-20(16)25-23(17)27/h8-13,24H,6-7,14H2,1-5H3,(H,25,27). The summed E-state index contributed by atoms with van der Waals surface area (Å²) in [5.74, 6) is 1.22. The van der Waals surface area contributed by atoms with Crippen LogP contribution in [0.1, 0.15) is 25.0 Å². The zero-order chi connectivity index (χ0) is 21.0. The van der Waals surface area contributed by atoms with E-state index < -0.39 is 0 Å². The minimum atomic E-state index is -0.116. The topological polar surface area (TPSA) is 66.6 Å². The molecule has 6 nitrogen and oxygen atoms in total. The number of nitrogens with zero attached hydrogens (tertiary/aromatic N) is 1. The molecule has 154 valence electrons. The molecule has 0 amide bonds. The lowest BCUT2D eigenvalue weighted by Crippen LogP contribution is -2.22. The number of pyridine rings is 1. The number of H-pyrrole nitrogens is 1. The van der Waals surface area contributed by atoms with Crippen LogP contribution in [0.15, 0.2) is 41.2 Å². The molecule has 3 rings (SSSR count). The molecule has 0 fully saturated rings. The van der Waals surface area contributed by atoms with Gasteiger partial charge in [0, 0.05) is 48.0 Å². The van der Waals surface area contributed by atoms with E-state index in [1.165, 1.54) is 5.69 Å². The third-order valence-corrected chi connectivity index (χ3v) is 5.23. The third-order valence-electron chi connectivity index (χ3n) is 5.23. The Balaban J connectivity index is 1.85. The molecule has 0 aliphatic heterocycles. The van der Waals surface area contributed by atoms with E-state index in [1.54, 1.807) is 20.3 Å². The number of hydrogen-bond acceptors (Lipinski definition) is 5. The Morgan fingerprint density at radius 2 is 1.69 bits per heavy atom. The summed E-state index contributed by atoms with van der Waals surface area (Å²) in [6.45, 7) is 8.78. The molecular formula is C23H29N3O3. The summed E-state index contributed by atoms with van der Waals surface area (Å²) in [6, 6.07) is 11.9. The van der Waals surface area contributed by atoms with Crippen molar-refractivity contribution in [2.24, 2.45) is 0 Å². The molecule has 0 aliphatic carbocycles. The van der Waals surface area contributed by atoms with Crippen LogP contribution in [0.2, 0.25) is 0 Å². The fourth-order valence-corrected chi connectivity index (χ4v) is 3.53. The van der Waals surface area contributed by atoms with E-state index in [1.807, 2.05) is 12.1 Å². The molecular weight excluding hydrogens is 366 g/mol. The van der Waals surface area contributed by atoms with Crippen molar-refractivity contribution in [3.05, 3.63) is 57.9 Å². The van der Waals surface area contributed by atoms with Gasteiger partial charge in [0.05, 0.1) is 19.7 Å². The SMILES string of the molecule is CCN(CC)c1ccc(NCc2cc3cc(OC)c(OC)cc3[nH]c2=O)c(C)c1. The minimum Gasteiger partial charge on any atom is -0.493 e. The average Bonchev–Trinajstić information content (AvgIpc) is 2.73. The molecule has 0 bridgehead atoms. The van der Waals surface area contributed by atoms with Crippen LogP contribution in [0.4, 0.5) is 11.4 Å². The summed E-state index contributed by atoms with van der Waals surface area (Å²) in [5, 5.41) is 4.29. The van der Waals surface area contributed by atoms with Gasteiger partial charge >= 0.3 is 0 Å². The molecule has 0 radical (unpaired) electrons. The van der Waals surface area contributed by atoms with Crippen molar-refractivity contribution < 1.29 is 9.47 Å². The van der Waals surface area contributed by atoms with Crippen molar-refractivity contribution in [3.8, 4) is 11.5 Å². The van der Waals surface area contributed by atoms with Gasteiger partial charge in [0.25, 0.3) is 5.56 Å². The van der Waals surface area contributed by atoms with E-state index in [2.05, 4.69) is 54.2 Å². The first-order chi connectivity index (χ1) is 14.0. The Hall–Kier alpha value is -3.15. The van der Waals surface area contributed by atoms with Gasteiger partial charge in [0.15, 0.2) is 11.5 Å². The lowest BCUT2D eigenvalue weighted by Gasteiger charge is -2.22. The number of aromatic amines is 1. The second-order valence-corrected chi connectivity index (χ2v) is 6.94. The highest BCUT2D eigenvalue weighted by Crippen LogP contribution is 2.31. The Kier molecular flexibility index (Phi) is 6.32. The van der Waals surface area contributed by atoms with Crippen LogP contribution in [0.25, 0.3) is 10.9 Å². The second kappa shape index (κ2) is 8.90. The number of aromatic nitrogens is 1. The molecule has 0 saturated heterocycles. The highest BCUT2D eigenvalue weighted by Gasteiger charge is 2.10. The minimum absolute atomic E-state index is 0.116. The first kappa shape index (κ1) is 20.6. The van der Waals surface area contributed by atoms with Gasteiger partial charge in [-0.1, -0.05) is 0 Å². The number of nitrogens with one attached hydrogen (secondary N) is 2. The fraction of sp³-hybridized carbons (Fsp3) is 0.348. The summed E-state index contributed by atoms with van der Waals surface area (Å²) in [5.41, 5.74) is 4.65. The number of benzene rings is 2. The number of aryl methyl sites for hydroxylation is 1. The lowest BCUT2D eigenvalue weighted by molar-refractivity contribution is 0.356. The summed E-state index contributed by atoms with van der Waals surface area (Å²) in [6.07, 6.45) is 0. The van der Waals surface area contributed by atoms with Crippen LogP contribution in [0.3, 0.4) is 0 Å². The molecule has 1 aromatic heterocycles. The van der Waals surface area contributed by atoms with Crippen LogP contribution < -0.4 is 25.2 Å². The van der Waals surface area contributed by atoms with Crippen LogP contribution in [0, 0.1) is 6.92 Å². The van der Waals surface area contributed by atoms with E-state index in [0.29, 0.717) is 23.6 Å². The fourth-order valence-electron chi connectivity index (χ4n) is 3.53. The van der Waals surface area contributed by atoms with Crippen LogP contribution in [-0.2, 0) is 6.54 Å². The molecule has 0 saturated carbocycles. The Morgan fingerprint density at radius 1 is 1.00 bits per heavy atom. The zero-order valence-corrected chi connectivity index (χ0v) is 17.8. The first-order valence-electron chi connectivity index (χ1n) is 9.88. The molecule has 29 heavy (non-hydrogen) atoms. The molecule has 0 unspecified atom stereocenters. The highest BCUT2D eigenvalue weighted by molar-refractivity contribution is 5.83. The van der Waals surface area contributed by atoms with Crippen molar-refractivity contribution in [1.82, 2.24) is 4.98 Å². The van der Waals surface area contributed by atoms with Crippen molar-refractivity contribution in [1.29, 1.82) is 0 Å². The number of hydrogen-bond donors (Lipinski definition) is 2. The monoisotopic (exact) mass is 395 g/mol. The number of fused-ring (bicyclic) bond motifs is 1. The summed E-state index contributed by atoms with van der Waals surface area (Å²) in [4.78, 5) is 17.8. The van der Waals surface area contributed by atoms with E-state index in [9.17, 15) is 4.79 Å². The maximum atomic E-state index is 12.5. The van der Waals surface area contributed by atoms with Gasteiger partial charge in [-0.2, -0.15) is 0 Å². The van der Waals surface area contributed by atoms with Crippen molar-refractivity contribution in [2.45, 2.75) is 27.3 Å². The van der Waals surface area contributed by atoms with E-state index in [0.717, 1.165) is 35.2 Å². The third kappa shape index (κ3) is 4.31. The average molecular weight is 396 g/mol. The molecule has 1 heterocycles. The number of anilines is 2. The van der Waals surface area contributed by atoms with Gasteiger partial charge < -0.3 is 24.7 Å². The highest BCUT2D eigenvalue weighted by atomic mass is 16.5. The van der Waals surface area contributed by atoms with Crippen molar-refractivity contribution in [3.63, 3.8) is 0 Å². The molecule has 0 atom stereocenters.